The van der Waals surface area contributed by atoms with E-state index < -0.39 is 5.82 Å². The highest BCUT2D eigenvalue weighted by Gasteiger charge is 2.24. The number of aromatic nitrogens is 1. The summed E-state index contributed by atoms with van der Waals surface area (Å²) in [6.45, 7) is 7.33. The minimum Gasteiger partial charge on any atom is -0.494 e. The Bertz CT molecular complexity index is 1370. The molecule has 1 fully saturated rings. The first-order valence-corrected chi connectivity index (χ1v) is 12.4. The highest BCUT2D eigenvalue weighted by Crippen LogP contribution is 2.37. The summed E-state index contributed by atoms with van der Waals surface area (Å²) in [5, 5.41) is 13.3. The molecular weight excluding hydrogens is 502 g/mol. The van der Waals surface area contributed by atoms with Crippen LogP contribution in [0.1, 0.15) is 30.9 Å². The Hall–Kier alpha value is -3.34. The smallest absolute Gasteiger partial charge is 0.245 e. The van der Waals surface area contributed by atoms with Crippen molar-refractivity contribution in [3.63, 3.8) is 0 Å². The van der Waals surface area contributed by atoms with Crippen molar-refractivity contribution in [2.24, 2.45) is 5.92 Å². The fraction of sp³-hybridized carbons (Fsp3) is 0.296. The normalized spacial score (nSPS) is 15.4. The molecule has 1 aliphatic heterocycles. The summed E-state index contributed by atoms with van der Waals surface area (Å²) in [5.74, 6) is 0.149. The van der Waals surface area contributed by atoms with E-state index in [0.717, 1.165) is 24.9 Å². The average Bonchev–Trinajstić information content (AvgIpc) is 2.89. The van der Waals surface area contributed by atoms with Crippen molar-refractivity contribution >= 4 is 51.4 Å². The molecule has 36 heavy (non-hydrogen) atoms. The Labute approximate surface area is 219 Å². The van der Waals surface area contributed by atoms with Gasteiger partial charge in [-0.2, -0.15) is 5.26 Å². The van der Waals surface area contributed by atoms with Gasteiger partial charge in [0.15, 0.2) is 5.82 Å². The van der Waals surface area contributed by atoms with Crippen LogP contribution in [0.25, 0.3) is 10.9 Å². The molecule has 0 saturated carbocycles. The van der Waals surface area contributed by atoms with Gasteiger partial charge in [0.1, 0.15) is 11.8 Å². The van der Waals surface area contributed by atoms with Gasteiger partial charge in [-0.25, -0.2) is 4.39 Å². The van der Waals surface area contributed by atoms with Crippen molar-refractivity contribution in [2.75, 3.05) is 25.0 Å². The number of anilines is 2. The van der Waals surface area contributed by atoms with E-state index in [2.05, 4.69) is 22.9 Å². The number of nitrogens with one attached hydrogen (secondary N) is 1. The summed E-state index contributed by atoms with van der Waals surface area (Å²) in [4.78, 5) is 18.4. The Morgan fingerprint density at radius 2 is 2.22 bits per heavy atom. The molecule has 2 aromatic carbocycles. The maximum atomic E-state index is 14.8. The first-order chi connectivity index (χ1) is 17.4. The summed E-state index contributed by atoms with van der Waals surface area (Å²) in [5.41, 5.74) is 2.28. The van der Waals surface area contributed by atoms with Crippen LogP contribution in [0, 0.1) is 23.1 Å². The van der Waals surface area contributed by atoms with Crippen molar-refractivity contribution < 1.29 is 13.9 Å². The maximum Gasteiger partial charge on any atom is 0.245 e. The van der Waals surface area contributed by atoms with Gasteiger partial charge in [0.2, 0.25) is 5.91 Å². The molecule has 1 saturated heterocycles. The molecule has 2 heterocycles. The van der Waals surface area contributed by atoms with E-state index in [0.29, 0.717) is 41.9 Å². The number of carbonyl (C=O) groups is 1. The summed E-state index contributed by atoms with van der Waals surface area (Å²) in [7, 11) is 0. The van der Waals surface area contributed by atoms with Crippen LogP contribution < -0.4 is 10.1 Å². The van der Waals surface area contributed by atoms with Gasteiger partial charge in [-0.05, 0) is 61.9 Å². The lowest BCUT2D eigenvalue weighted by Crippen LogP contribution is -2.39. The summed E-state index contributed by atoms with van der Waals surface area (Å²) in [6, 6.07) is 8.85. The summed E-state index contributed by atoms with van der Waals surface area (Å²) in [6.07, 6.45) is 5.34. The molecule has 4 rings (SSSR count). The number of ether oxygens (including phenoxy) is 1. The summed E-state index contributed by atoms with van der Waals surface area (Å²) >= 11 is 11.9. The van der Waals surface area contributed by atoms with E-state index in [1.807, 2.05) is 24.0 Å². The van der Waals surface area contributed by atoms with Gasteiger partial charge < -0.3 is 15.0 Å². The van der Waals surface area contributed by atoms with E-state index in [9.17, 15) is 14.4 Å². The van der Waals surface area contributed by atoms with E-state index >= 15 is 0 Å². The number of piperidine rings is 1. The lowest BCUT2D eigenvalue weighted by Gasteiger charge is -2.32. The Morgan fingerprint density at radius 3 is 2.94 bits per heavy atom. The molecule has 3 aromatic rings. The van der Waals surface area contributed by atoms with Crippen LogP contribution in [0.3, 0.4) is 0 Å². The van der Waals surface area contributed by atoms with Crippen LogP contribution in [-0.4, -0.2) is 35.5 Å². The van der Waals surface area contributed by atoms with Gasteiger partial charge in [0, 0.05) is 30.7 Å². The first kappa shape index (κ1) is 25.7. The molecule has 1 amide bonds. The molecule has 0 radical (unpaired) electrons. The molecule has 6 nitrogen and oxygen atoms in total. The number of benzene rings is 2. The number of nitriles is 1. The number of likely N-dealkylation sites (tertiary alicyclic amines) is 1. The van der Waals surface area contributed by atoms with Crippen LogP contribution in [0.5, 0.6) is 5.75 Å². The second-order valence-electron chi connectivity index (χ2n) is 8.62. The molecule has 0 spiro atoms. The number of rotatable bonds is 7. The third-order valence-electron chi connectivity index (χ3n) is 6.28. The largest absolute Gasteiger partial charge is 0.494 e. The maximum absolute atomic E-state index is 14.8. The zero-order valence-electron chi connectivity index (χ0n) is 19.8. The molecule has 1 atom stereocenters. The quantitative estimate of drug-likeness (QED) is 0.275. The molecule has 1 N–H and O–H groups in total. The second-order valence-corrected chi connectivity index (χ2v) is 9.40. The van der Waals surface area contributed by atoms with Crippen LogP contribution >= 0.6 is 23.2 Å². The third kappa shape index (κ3) is 5.25. The number of nitrogens with zero attached hydrogens (tertiary/aromatic N) is 3. The van der Waals surface area contributed by atoms with Gasteiger partial charge >= 0.3 is 0 Å². The number of halogens is 3. The van der Waals surface area contributed by atoms with E-state index in [4.69, 9.17) is 27.9 Å². The monoisotopic (exact) mass is 526 g/mol. The number of hydrogen-bond acceptors (Lipinski definition) is 5. The highest BCUT2D eigenvalue weighted by atomic mass is 35.5. The van der Waals surface area contributed by atoms with E-state index in [-0.39, 0.29) is 33.1 Å². The third-order valence-corrected chi connectivity index (χ3v) is 7.06. The Kier molecular flexibility index (Phi) is 7.97. The van der Waals surface area contributed by atoms with E-state index in [1.54, 1.807) is 0 Å². The van der Waals surface area contributed by atoms with Crippen molar-refractivity contribution in [3.05, 3.63) is 70.1 Å². The van der Waals surface area contributed by atoms with Gasteiger partial charge in [-0.3, -0.25) is 9.78 Å². The lowest BCUT2D eigenvalue weighted by atomic mass is 9.90. The molecule has 0 aliphatic carbocycles. The fourth-order valence-corrected chi connectivity index (χ4v) is 4.87. The standard InChI is InChI=1S/C27H25Cl2FN4O2/c1-3-24(35)34-9-5-6-16(15-34)10-17-11-19-22(12-23(17)36-4-2)32-14-18(13-31)27(19)33-21-8-7-20(28)25(29)26(21)30/h3,7-8,11-12,14,16H,1,4-6,9-10,15H2,2H3,(H,32,33). The van der Waals surface area contributed by atoms with Crippen molar-refractivity contribution in [1.82, 2.24) is 9.88 Å². The second kappa shape index (κ2) is 11.2. The van der Waals surface area contributed by atoms with Crippen molar-refractivity contribution in [3.8, 4) is 11.8 Å². The van der Waals surface area contributed by atoms with Gasteiger partial charge in [-0.1, -0.05) is 29.8 Å². The molecule has 1 aliphatic rings. The molecule has 186 valence electrons. The van der Waals surface area contributed by atoms with Crippen LogP contribution in [-0.2, 0) is 11.2 Å². The van der Waals surface area contributed by atoms with Gasteiger partial charge in [-0.15, -0.1) is 0 Å². The topological polar surface area (TPSA) is 78.3 Å². The molecular formula is C27H25Cl2FN4O2. The predicted molar refractivity (Wildman–Crippen MR) is 141 cm³/mol. The zero-order chi connectivity index (χ0) is 25.8. The van der Waals surface area contributed by atoms with Gasteiger partial charge in [0.25, 0.3) is 0 Å². The highest BCUT2D eigenvalue weighted by molar-refractivity contribution is 6.42. The molecule has 1 aromatic heterocycles. The number of pyridine rings is 1. The first-order valence-electron chi connectivity index (χ1n) is 11.7. The molecule has 1 unspecified atom stereocenters. The van der Waals surface area contributed by atoms with Gasteiger partial charge in [0.05, 0.1) is 39.1 Å². The molecule has 0 bridgehead atoms. The lowest BCUT2D eigenvalue weighted by molar-refractivity contribution is -0.127. The van der Waals surface area contributed by atoms with Crippen LogP contribution in [0.15, 0.2) is 43.1 Å². The average molecular weight is 527 g/mol. The fourth-order valence-electron chi connectivity index (χ4n) is 4.56. The number of carbonyl (C=O) groups excluding carboxylic acids is 1. The Morgan fingerprint density at radius 1 is 1.42 bits per heavy atom. The SMILES string of the molecule is C=CC(=O)N1CCCC(Cc2cc3c(Nc4ccc(Cl)c(Cl)c4F)c(C#N)cnc3cc2OCC)C1. The van der Waals surface area contributed by atoms with Crippen molar-refractivity contribution in [1.29, 1.82) is 5.26 Å². The molecule has 9 heteroatoms. The van der Waals surface area contributed by atoms with E-state index in [1.165, 1.54) is 24.4 Å². The zero-order valence-corrected chi connectivity index (χ0v) is 21.3. The number of amides is 1. The minimum atomic E-state index is -0.710. The van der Waals surface area contributed by atoms with Crippen LogP contribution in [0.4, 0.5) is 15.8 Å². The predicted octanol–water partition coefficient (Wildman–Crippen LogP) is 6.66. The number of fused-ring (bicyclic) bond motifs is 1. The Balaban J connectivity index is 1.78. The summed E-state index contributed by atoms with van der Waals surface area (Å²) < 4.78 is 20.8. The van der Waals surface area contributed by atoms with Crippen molar-refractivity contribution in [2.45, 2.75) is 26.2 Å². The minimum absolute atomic E-state index is 0.0683. The van der Waals surface area contributed by atoms with Crippen LogP contribution in [0.2, 0.25) is 10.0 Å². The number of hydrogen-bond donors (Lipinski definition) is 1.